The van der Waals surface area contributed by atoms with Gasteiger partial charge in [0.2, 0.25) is 5.91 Å². The van der Waals surface area contributed by atoms with Gasteiger partial charge in [0.05, 0.1) is 12.5 Å². The molecule has 2 heterocycles. The Morgan fingerprint density at radius 1 is 1.33 bits per heavy atom. The Morgan fingerprint density at radius 2 is 2.14 bits per heavy atom. The van der Waals surface area contributed by atoms with E-state index in [9.17, 15) is 9.59 Å². The van der Waals surface area contributed by atoms with Crippen LogP contribution in [0.2, 0.25) is 0 Å². The summed E-state index contributed by atoms with van der Waals surface area (Å²) in [6, 6.07) is 0.974. The van der Waals surface area contributed by atoms with Crippen molar-refractivity contribution in [3.8, 4) is 0 Å². The van der Waals surface area contributed by atoms with E-state index in [4.69, 9.17) is 4.74 Å². The molecule has 118 valence electrons. The van der Waals surface area contributed by atoms with E-state index in [1.807, 2.05) is 0 Å². The van der Waals surface area contributed by atoms with Crippen LogP contribution < -0.4 is 0 Å². The van der Waals surface area contributed by atoms with Crippen LogP contribution in [0.5, 0.6) is 0 Å². The number of esters is 1. The normalized spacial score (nSPS) is 29.7. The predicted octanol–water partition coefficient (Wildman–Crippen LogP) is 1.41. The zero-order chi connectivity index (χ0) is 14.8. The van der Waals surface area contributed by atoms with Gasteiger partial charge in [0, 0.05) is 25.6 Å². The molecule has 0 spiro atoms. The van der Waals surface area contributed by atoms with Crippen LogP contribution in [-0.2, 0) is 14.3 Å². The largest absolute Gasteiger partial charge is 0.465 e. The number of nitrogens with zero attached hydrogens (tertiary/aromatic N) is 2. The Labute approximate surface area is 126 Å². The van der Waals surface area contributed by atoms with E-state index in [1.54, 1.807) is 6.92 Å². The minimum absolute atomic E-state index is 0.0194. The molecule has 2 atom stereocenters. The molecule has 0 N–H and O–H groups in total. The maximum atomic E-state index is 11.8. The molecule has 3 fully saturated rings. The van der Waals surface area contributed by atoms with Crippen LogP contribution in [0.4, 0.5) is 0 Å². The summed E-state index contributed by atoms with van der Waals surface area (Å²) in [5, 5.41) is 0. The average molecular weight is 294 g/mol. The monoisotopic (exact) mass is 294 g/mol. The van der Waals surface area contributed by atoms with Crippen LogP contribution in [0.25, 0.3) is 0 Å². The van der Waals surface area contributed by atoms with Crippen LogP contribution in [-0.4, -0.2) is 60.0 Å². The highest BCUT2D eigenvalue weighted by Crippen LogP contribution is 2.29. The Hall–Kier alpha value is -1.10. The Balaban J connectivity index is 1.50. The van der Waals surface area contributed by atoms with Crippen molar-refractivity contribution in [3.05, 3.63) is 0 Å². The molecule has 0 unspecified atom stereocenters. The third-order valence-electron chi connectivity index (χ3n) is 5.11. The summed E-state index contributed by atoms with van der Waals surface area (Å²) in [7, 11) is 0. The maximum absolute atomic E-state index is 11.8. The van der Waals surface area contributed by atoms with E-state index in [0.29, 0.717) is 18.7 Å². The molecular formula is C16H26N2O3. The van der Waals surface area contributed by atoms with Crippen molar-refractivity contribution in [2.45, 2.75) is 57.5 Å². The van der Waals surface area contributed by atoms with Gasteiger partial charge in [0.25, 0.3) is 0 Å². The van der Waals surface area contributed by atoms with Crippen molar-refractivity contribution < 1.29 is 14.3 Å². The molecule has 2 aliphatic heterocycles. The SMILES string of the molecule is CC(=O)N(C[C@@H]1CCCN1CC[C@H]1CCOC1=O)C1CC1. The lowest BCUT2D eigenvalue weighted by Crippen LogP contribution is -2.44. The average Bonchev–Trinajstić information content (AvgIpc) is 3.05. The lowest BCUT2D eigenvalue weighted by molar-refractivity contribution is -0.141. The molecule has 3 aliphatic rings. The third kappa shape index (κ3) is 3.57. The second kappa shape index (κ2) is 6.34. The molecular weight excluding hydrogens is 268 g/mol. The minimum Gasteiger partial charge on any atom is -0.465 e. The summed E-state index contributed by atoms with van der Waals surface area (Å²) < 4.78 is 5.03. The van der Waals surface area contributed by atoms with Gasteiger partial charge in [0.1, 0.15) is 0 Å². The van der Waals surface area contributed by atoms with Gasteiger partial charge in [0.15, 0.2) is 0 Å². The molecule has 5 heteroatoms. The van der Waals surface area contributed by atoms with Crippen molar-refractivity contribution in [1.29, 1.82) is 0 Å². The number of rotatable bonds is 6. The predicted molar refractivity (Wildman–Crippen MR) is 78.7 cm³/mol. The van der Waals surface area contributed by atoms with Gasteiger partial charge in [-0.1, -0.05) is 0 Å². The molecule has 5 nitrogen and oxygen atoms in total. The summed E-state index contributed by atoms with van der Waals surface area (Å²) in [5.41, 5.74) is 0. The highest BCUT2D eigenvalue weighted by Gasteiger charge is 2.35. The smallest absolute Gasteiger partial charge is 0.309 e. The van der Waals surface area contributed by atoms with Gasteiger partial charge in [-0.3, -0.25) is 14.5 Å². The van der Waals surface area contributed by atoms with Gasteiger partial charge >= 0.3 is 5.97 Å². The first kappa shape index (κ1) is 14.8. The molecule has 0 bridgehead atoms. The van der Waals surface area contributed by atoms with E-state index >= 15 is 0 Å². The third-order valence-corrected chi connectivity index (χ3v) is 5.11. The van der Waals surface area contributed by atoms with Crippen LogP contribution >= 0.6 is 0 Å². The lowest BCUT2D eigenvalue weighted by atomic mass is 10.0. The van der Waals surface area contributed by atoms with Crippen LogP contribution in [0.15, 0.2) is 0 Å². The van der Waals surface area contributed by atoms with E-state index in [-0.39, 0.29) is 17.8 Å². The summed E-state index contributed by atoms with van der Waals surface area (Å²) in [5.74, 6) is 0.288. The van der Waals surface area contributed by atoms with Gasteiger partial charge < -0.3 is 9.64 Å². The Bertz CT molecular complexity index is 408. The van der Waals surface area contributed by atoms with Crippen LogP contribution in [0.1, 0.15) is 45.4 Å². The van der Waals surface area contributed by atoms with E-state index in [0.717, 1.165) is 32.5 Å². The summed E-state index contributed by atoms with van der Waals surface area (Å²) in [6.07, 6.45) is 6.49. The summed E-state index contributed by atoms with van der Waals surface area (Å²) in [4.78, 5) is 27.8. The fourth-order valence-corrected chi connectivity index (χ4v) is 3.67. The van der Waals surface area contributed by atoms with Gasteiger partial charge in [-0.25, -0.2) is 0 Å². The number of cyclic esters (lactones) is 1. The molecule has 0 radical (unpaired) electrons. The second-order valence-corrected chi connectivity index (χ2v) is 6.68. The maximum Gasteiger partial charge on any atom is 0.309 e. The van der Waals surface area contributed by atoms with Crippen molar-refractivity contribution in [2.24, 2.45) is 5.92 Å². The molecule has 21 heavy (non-hydrogen) atoms. The highest BCUT2D eigenvalue weighted by molar-refractivity contribution is 5.74. The minimum atomic E-state index is -0.0194. The fourth-order valence-electron chi connectivity index (χ4n) is 3.67. The number of hydrogen-bond acceptors (Lipinski definition) is 4. The fraction of sp³-hybridized carbons (Fsp3) is 0.875. The first-order valence-corrected chi connectivity index (χ1v) is 8.33. The molecule has 3 rings (SSSR count). The van der Waals surface area contributed by atoms with Crippen LogP contribution in [0.3, 0.4) is 0 Å². The van der Waals surface area contributed by atoms with E-state index < -0.39 is 0 Å². The second-order valence-electron chi connectivity index (χ2n) is 6.68. The standard InChI is InChI=1S/C16H26N2O3/c1-12(19)18(14-4-5-14)11-15-3-2-8-17(15)9-6-13-7-10-21-16(13)20/h13-15H,2-11H2,1H3/t13-,15-/m0/s1. The number of amides is 1. The van der Waals surface area contributed by atoms with Crippen molar-refractivity contribution >= 4 is 11.9 Å². The quantitative estimate of drug-likeness (QED) is 0.695. The molecule has 1 saturated carbocycles. The first-order chi connectivity index (χ1) is 10.1. The van der Waals surface area contributed by atoms with Crippen LogP contribution in [0, 0.1) is 5.92 Å². The Kier molecular flexibility index (Phi) is 4.48. The van der Waals surface area contributed by atoms with Gasteiger partial charge in [-0.2, -0.15) is 0 Å². The molecule has 2 saturated heterocycles. The zero-order valence-corrected chi connectivity index (χ0v) is 12.9. The zero-order valence-electron chi connectivity index (χ0n) is 12.9. The van der Waals surface area contributed by atoms with Gasteiger partial charge in [-0.05, 0) is 51.6 Å². The molecule has 1 aliphatic carbocycles. The Morgan fingerprint density at radius 3 is 2.76 bits per heavy atom. The molecule has 0 aromatic heterocycles. The lowest BCUT2D eigenvalue weighted by Gasteiger charge is -2.30. The molecule has 1 amide bonds. The van der Waals surface area contributed by atoms with Crippen molar-refractivity contribution in [1.82, 2.24) is 9.80 Å². The summed E-state index contributed by atoms with van der Waals surface area (Å²) >= 11 is 0. The number of carbonyl (C=O) groups excluding carboxylic acids is 2. The number of carbonyl (C=O) groups is 2. The van der Waals surface area contributed by atoms with Crippen molar-refractivity contribution in [3.63, 3.8) is 0 Å². The number of ether oxygens (including phenoxy) is 1. The van der Waals surface area contributed by atoms with Gasteiger partial charge in [-0.15, -0.1) is 0 Å². The highest BCUT2D eigenvalue weighted by atomic mass is 16.5. The summed E-state index contributed by atoms with van der Waals surface area (Å²) in [6.45, 7) is 5.21. The molecule has 0 aromatic carbocycles. The number of likely N-dealkylation sites (tertiary alicyclic amines) is 1. The molecule has 0 aromatic rings. The first-order valence-electron chi connectivity index (χ1n) is 8.33. The van der Waals surface area contributed by atoms with E-state index in [1.165, 1.54) is 25.7 Å². The number of hydrogen-bond donors (Lipinski definition) is 0. The van der Waals surface area contributed by atoms with Crippen molar-refractivity contribution in [2.75, 3.05) is 26.2 Å². The topological polar surface area (TPSA) is 49.9 Å². The van der Waals surface area contributed by atoms with E-state index in [2.05, 4.69) is 9.80 Å².